The highest BCUT2D eigenvalue weighted by molar-refractivity contribution is 8.17. The Morgan fingerprint density at radius 1 is 0.767 bits per heavy atom. The normalized spacial score (nSPS) is 11.1. The summed E-state index contributed by atoms with van der Waals surface area (Å²) in [5.74, 6) is 0.543. The summed E-state index contributed by atoms with van der Waals surface area (Å²) in [6, 6.07) is 31.1. The first-order valence-corrected chi connectivity index (χ1v) is 12.2. The van der Waals surface area contributed by atoms with Gasteiger partial charge in [-0.05, 0) is 48.7 Å². The molecule has 0 heterocycles. The molecular weight excluding hydrogens is 406 g/mol. The molecule has 1 amide bonds. The molecule has 0 aliphatic carbocycles. The molecule has 156 valence electrons. The Labute approximate surface area is 189 Å². The van der Waals surface area contributed by atoms with E-state index < -0.39 is 0 Å². The molecular formula is C26H29NOS2. The molecule has 0 aliphatic heterocycles. The van der Waals surface area contributed by atoms with Gasteiger partial charge in [0, 0.05) is 28.4 Å². The highest BCUT2D eigenvalue weighted by Gasteiger charge is 2.20. The number of nitrogens with zero attached hydrogens (tertiary/aromatic N) is 1. The molecule has 30 heavy (non-hydrogen) atoms. The number of thioether (sulfide) groups is 2. The smallest absolute Gasteiger partial charge is 0.227 e. The van der Waals surface area contributed by atoms with Crippen LogP contribution in [0.15, 0.2) is 101 Å². The van der Waals surface area contributed by atoms with Crippen LogP contribution in [0.25, 0.3) is 0 Å². The lowest BCUT2D eigenvalue weighted by molar-refractivity contribution is -0.119. The number of rotatable bonds is 10. The van der Waals surface area contributed by atoms with Crippen LogP contribution in [0.1, 0.15) is 26.7 Å². The molecule has 0 fully saturated rings. The minimum atomic E-state index is 0.198. The summed E-state index contributed by atoms with van der Waals surface area (Å²) < 4.78 is 0.313. The predicted octanol–water partition coefficient (Wildman–Crippen LogP) is 7.37. The van der Waals surface area contributed by atoms with Crippen molar-refractivity contribution in [3.63, 3.8) is 0 Å². The summed E-state index contributed by atoms with van der Waals surface area (Å²) in [5, 5.41) is 0. The van der Waals surface area contributed by atoms with Gasteiger partial charge in [-0.2, -0.15) is 0 Å². The molecule has 0 saturated carbocycles. The number of amides is 1. The van der Waals surface area contributed by atoms with Gasteiger partial charge in [0.15, 0.2) is 0 Å². The van der Waals surface area contributed by atoms with E-state index in [1.807, 2.05) is 70.9 Å². The van der Waals surface area contributed by atoms with E-state index in [1.165, 1.54) is 9.79 Å². The van der Waals surface area contributed by atoms with Gasteiger partial charge in [0.2, 0.25) is 5.91 Å². The highest BCUT2D eigenvalue weighted by Crippen LogP contribution is 2.37. The van der Waals surface area contributed by atoms with E-state index in [4.69, 9.17) is 0 Å². The van der Waals surface area contributed by atoms with E-state index in [2.05, 4.69) is 62.4 Å². The molecule has 0 N–H and O–H groups in total. The van der Waals surface area contributed by atoms with Crippen molar-refractivity contribution < 1.29 is 4.79 Å². The van der Waals surface area contributed by atoms with Crippen LogP contribution in [0.4, 0.5) is 5.69 Å². The third-order valence-electron chi connectivity index (χ3n) is 4.56. The van der Waals surface area contributed by atoms with Gasteiger partial charge in [0.1, 0.15) is 0 Å². The number of carbonyl (C=O) groups excluding carboxylic acids is 1. The van der Waals surface area contributed by atoms with E-state index in [9.17, 15) is 4.79 Å². The lowest BCUT2D eigenvalue weighted by Gasteiger charge is -2.26. The summed E-state index contributed by atoms with van der Waals surface area (Å²) in [5.41, 5.74) is 0.983. The molecule has 3 aromatic rings. The van der Waals surface area contributed by atoms with Gasteiger partial charge in [-0.3, -0.25) is 4.79 Å². The average Bonchev–Trinajstić information content (AvgIpc) is 2.75. The fourth-order valence-corrected chi connectivity index (χ4v) is 5.68. The SMILES string of the molecule is CC(C)CC(=O)N(CCC(Sc1ccccc1)Sc1ccccc1)c1ccccc1. The maximum absolute atomic E-state index is 13.0. The van der Waals surface area contributed by atoms with Crippen molar-refractivity contribution >= 4 is 35.1 Å². The monoisotopic (exact) mass is 435 g/mol. The van der Waals surface area contributed by atoms with Crippen molar-refractivity contribution in [1.29, 1.82) is 0 Å². The van der Waals surface area contributed by atoms with Crippen LogP contribution in [0.2, 0.25) is 0 Å². The Kier molecular flexibility index (Phi) is 8.91. The first kappa shape index (κ1) is 22.5. The molecule has 0 aromatic heterocycles. The van der Waals surface area contributed by atoms with Crippen LogP contribution in [-0.4, -0.2) is 17.0 Å². The van der Waals surface area contributed by atoms with E-state index in [0.717, 1.165) is 12.1 Å². The van der Waals surface area contributed by atoms with Crippen LogP contribution in [0, 0.1) is 5.92 Å². The number of carbonyl (C=O) groups is 1. The van der Waals surface area contributed by atoms with Gasteiger partial charge >= 0.3 is 0 Å². The topological polar surface area (TPSA) is 20.3 Å². The number of benzene rings is 3. The fraction of sp³-hybridized carbons (Fsp3) is 0.269. The van der Waals surface area contributed by atoms with Crippen LogP contribution < -0.4 is 4.90 Å². The van der Waals surface area contributed by atoms with Crippen molar-refractivity contribution in [3.05, 3.63) is 91.0 Å². The molecule has 3 rings (SSSR count). The number of hydrogen-bond acceptors (Lipinski definition) is 3. The summed E-state index contributed by atoms with van der Waals surface area (Å²) in [7, 11) is 0. The van der Waals surface area contributed by atoms with Crippen molar-refractivity contribution in [2.75, 3.05) is 11.4 Å². The molecule has 2 nitrogen and oxygen atoms in total. The molecule has 0 unspecified atom stereocenters. The third-order valence-corrected chi connectivity index (χ3v) is 7.22. The van der Waals surface area contributed by atoms with Gasteiger partial charge in [-0.15, -0.1) is 23.5 Å². The second-order valence-electron chi connectivity index (χ2n) is 7.56. The van der Waals surface area contributed by atoms with E-state index in [1.54, 1.807) is 0 Å². The molecule has 0 bridgehead atoms. The Balaban J connectivity index is 1.75. The highest BCUT2D eigenvalue weighted by atomic mass is 32.2. The zero-order chi connectivity index (χ0) is 21.2. The van der Waals surface area contributed by atoms with Crippen LogP contribution in [-0.2, 0) is 4.79 Å². The summed E-state index contributed by atoms with van der Waals surface area (Å²) in [6.45, 7) is 4.90. The number of hydrogen-bond donors (Lipinski definition) is 0. The van der Waals surface area contributed by atoms with Crippen molar-refractivity contribution in [3.8, 4) is 0 Å². The van der Waals surface area contributed by atoms with Gasteiger partial charge in [-0.25, -0.2) is 0 Å². The van der Waals surface area contributed by atoms with E-state index in [0.29, 0.717) is 23.5 Å². The molecule has 3 aromatic carbocycles. The second kappa shape index (κ2) is 11.9. The maximum Gasteiger partial charge on any atom is 0.227 e. The van der Waals surface area contributed by atoms with Crippen LogP contribution >= 0.6 is 23.5 Å². The quantitative estimate of drug-likeness (QED) is 0.245. The van der Waals surface area contributed by atoms with Crippen LogP contribution in [0.3, 0.4) is 0 Å². The van der Waals surface area contributed by atoms with Crippen LogP contribution in [0.5, 0.6) is 0 Å². The summed E-state index contributed by atoms with van der Waals surface area (Å²) in [6.07, 6.45) is 1.47. The summed E-state index contributed by atoms with van der Waals surface area (Å²) >= 11 is 3.74. The van der Waals surface area contributed by atoms with Gasteiger partial charge in [0.05, 0.1) is 4.58 Å². The zero-order valence-corrected chi connectivity index (χ0v) is 19.2. The Morgan fingerprint density at radius 2 is 1.23 bits per heavy atom. The van der Waals surface area contributed by atoms with Gasteiger partial charge in [-0.1, -0.05) is 68.4 Å². The largest absolute Gasteiger partial charge is 0.312 e. The molecule has 4 heteroatoms. The maximum atomic E-state index is 13.0. The standard InChI is InChI=1S/C26H29NOS2/c1-21(2)20-25(28)27(22-12-6-3-7-13-22)19-18-26(29-23-14-8-4-9-15-23)30-24-16-10-5-11-17-24/h3-17,21,26H,18-20H2,1-2H3. The number of para-hydroxylation sites is 1. The lowest BCUT2D eigenvalue weighted by atomic mass is 10.1. The zero-order valence-electron chi connectivity index (χ0n) is 17.6. The lowest BCUT2D eigenvalue weighted by Crippen LogP contribution is -2.33. The average molecular weight is 436 g/mol. The van der Waals surface area contributed by atoms with E-state index >= 15 is 0 Å². The minimum Gasteiger partial charge on any atom is -0.312 e. The Morgan fingerprint density at radius 3 is 1.70 bits per heavy atom. The van der Waals surface area contributed by atoms with Crippen molar-refractivity contribution in [1.82, 2.24) is 0 Å². The Hall–Kier alpha value is -2.17. The molecule has 0 spiro atoms. The first-order valence-electron chi connectivity index (χ1n) is 10.4. The van der Waals surface area contributed by atoms with E-state index in [-0.39, 0.29) is 5.91 Å². The summed E-state index contributed by atoms with van der Waals surface area (Å²) in [4.78, 5) is 17.5. The fourth-order valence-electron chi connectivity index (χ4n) is 3.14. The minimum absolute atomic E-state index is 0.198. The van der Waals surface area contributed by atoms with Crippen molar-refractivity contribution in [2.45, 2.75) is 41.1 Å². The number of anilines is 1. The molecule has 0 radical (unpaired) electrons. The Bertz CT molecular complexity index is 843. The second-order valence-corrected chi connectivity index (χ2v) is 10.4. The molecule has 0 atom stereocenters. The predicted molar refractivity (Wildman–Crippen MR) is 131 cm³/mol. The van der Waals surface area contributed by atoms with Gasteiger partial charge < -0.3 is 4.90 Å². The van der Waals surface area contributed by atoms with Crippen molar-refractivity contribution in [2.24, 2.45) is 5.92 Å². The van der Waals surface area contributed by atoms with Gasteiger partial charge in [0.25, 0.3) is 0 Å². The third kappa shape index (κ3) is 7.26. The molecule has 0 aliphatic rings. The molecule has 0 saturated heterocycles. The first-order chi connectivity index (χ1) is 14.6.